The summed E-state index contributed by atoms with van der Waals surface area (Å²) in [4.78, 5) is 12.0. The predicted octanol–water partition coefficient (Wildman–Crippen LogP) is 4.52. The van der Waals surface area contributed by atoms with E-state index >= 15 is 0 Å². The van der Waals surface area contributed by atoms with Crippen molar-refractivity contribution in [1.29, 1.82) is 0 Å². The van der Waals surface area contributed by atoms with Gasteiger partial charge in [-0.05, 0) is 52.0 Å². The maximum absolute atomic E-state index is 13.3. The second-order valence-electron chi connectivity index (χ2n) is 4.73. The molecule has 3 nitrogen and oxygen atoms in total. The maximum atomic E-state index is 13.3. The van der Waals surface area contributed by atoms with Crippen LogP contribution in [0.5, 0.6) is 0 Å². The molecule has 0 aliphatic rings. The lowest BCUT2D eigenvalue weighted by molar-refractivity contribution is -0.137. The van der Waals surface area contributed by atoms with Gasteiger partial charge in [0.1, 0.15) is 5.82 Å². The first-order valence-corrected chi connectivity index (χ1v) is 8.11. The highest BCUT2D eigenvalue weighted by atomic mass is 79.9. The van der Waals surface area contributed by atoms with Gasteiger partial charge in [0.25, 0.3) is 0 Å². The van der Waals surface area contributed by atoms with E-state index in [-0.39, 0.29) is 24.3 Å². The number of carboxylic acid groups (broad SMARTS) is 1. The molecule has 0 aliphatic carbocycles. The molecule has 6 heteroatoms. The molecular formula is C15H15BrFNO2S. The van der Waals surface area contributed by atoms with E-state index in [0.717, 1.165) is 10.4 Å². The smallest absolute Gasteiger partial charge is 0.305 e. The molecule has 1 heterocycles. The summed E-state index contributed by atoms with van der Waals surface area (Å²) in [5, 5.41) is 14.3. The number of rotatable bonds is 6. The average Bonchev–Trinajstić information content (AvgIpc) is 2.94. The summed E-state index contributed by atoms with van der Waals surface area (Å²) < 4.78 is 13.7. The molecule has 0 saturated carbocycles. The molecular weight excluding hydrogens is 357 g/mol. The van der Waals surface area contributed by atoms with Gasteiger partial charge in [0, 0.05) is 10.9 Å². The fraction of sp³-hybridized carbons (Fsp3) is 0.267. The van der Waals surface area contributed by atoms with Crippen LogP contribution in [-0.2, 0) is 4.79 Å². The van der Waals surface area contributed by atoms with Gasteiger partial charge in [0.05, 0.1) is 16.9 Å². The second kappa shape index (κ2) is 7.15. The molecule has 2 atom stereocenters. The third-order valence-corrected chi connectivity index (χ3v) is 4.75. The van der Waals surface area contributed by atoms with E-state index in [4.69, 9.17) is 5.11 Å². The van der Waals surface area contributed by atoms with Crippen LogP contribution in [0, 0.1) is 5.82 Å². The number of thiophene rings is 1. The Bertz CT molecular complexity index is 618. The predicted molar refractivity (Wildman–Crippen MR) is 85.0 cm³/mol. The van der Waals surface area contributed by atoms with Gasteiger partial charge < -0.3 is 10.4 Å². The molecule has 2 unspecified atom stereocenters. The van der Waals surface area contributed by atoms with Gasteiger partial charge in [-0.1, -0.05) is 12.1 Å². The van der Waals surface area contributed by atoms with Crippen molar-refractivity contribution in [2.24, 2.45) is 0 Å². The molecule has 0 saturated heterocycles. The highest BCUT2D eigenvalue weighted by Crippen LogP contribution is 2.27. The molecule has 0 radical (unpaired) electrons. The molecule has 21 heavy (non-hydrogen) atoms. The van der Waals surface area contributed by atoms with E-state index in [1.165, 1.54) is 17.4 Å². The average molecular weight is 372 g/mol. The number of benzene rings is 1. The van der Waals surface area contributed by atoms with Crippen LogP contribution in [0.2, 0.25) is 0 Å². The van der Waals surface area contributed by atoms with Crippen molar-refractivity contribution in [3.05, 3.63) is 56.4 Å². The van der Waals surface area contributed by atoms with Gasteiger partial charge in [-0.3, -0.25) is 4.79 Å². The minimum Gasteiger partial charge on any atom is -0.481 e. The van der Waals surface area contributed by atoms with Crippen molar-refractivity contribution < 1.29 is 14.3 Å². The monoisotopic (exact) mass is 371 g/mol. The lowest BCUT2D eigenvalue weighted by Crippen LogP contribution is -2.26. The molecule has 0 spiro atoms. The van der Waals surface area contributed by atoms with Crippen molar-refractivity contribution in [3.63, 3.8) is 0 Å². The van der Waals surface area contributed by atoms with E-state index < -0.39 is 5.97 Å². The van der Waals surface area contributed by atoms with E-state index in [2.05, 4.69) is 21.2 Å². The summed E-state index contributed by atoms with van der Waals surface area (Å²) in [5.74, 6) is -1.17. The third kappa shape index (κ3) is 4.36. The molecule has 0 bridgehead atoms. The van der Waals surface area contributed by atoms with Crippen LogP contribution >= 0.6 is 27.3 Å². The van der Waals surface area contributed by atoms with Gasteiger partial charge in [0.2, 0.25) is 0 Å². The second-order valence-corrected chi connectivity index (χ2v) is 6.56. The first-order chi connectivity index (χ1) is 9.97. The first kappa shape index (κ1) is 16.1. The largest absolute Gasteiger partial charge is 0.481 e. The molecule has 2 rings (SSSR count). The quantitative estimate of drug-likeness (QED) is 0.784. The molecule has 112 valence electrons. The zero-order chi connectivity index (χ0) is 15.4. The van der Waals surface area contributed by atoms with Crippen LogP contribution in [0.3, 0.4) is 0 Å². The summed E-state index contributed by atoms with van der Waals surface area (Å²) in [6.07, 6.45) is 0.00716. The normalized spacial score (nSPS) is 13.9. The van der Waals surface area contributed by atoms with Gasteiger partial charge >= 0.3 is 5.97 Å². The fourth-order valence-corrected chi connectivity index (χ4v) is 3.27. The summed E-state index contributed by atoms with van der Waals surface area (Å²) in [6.45, 7) is 1.93. The Morgan fingerprint density at radius 3 is 2.81 bits per heavy atom. The van der Waals surface area contributed by atoms with Gasteiger partial charge in [-0.2, -0.15) is 0 Å². The van der Waals surface area contributed by atoms with Crippen molar-refractivity contribution in [2.75, 3.05) is 0 Å². The van der Waals surface area contributed by atoms with Gasteiger partial charge in [-0.25, -0.2) is 4.39 Å². The lowest BCUT2D eigenvalue weighted by Gasteiger charge is -2.22. The van der Waals surface area contributed by atoms with Gasteiger partial charge in [0.15, 0.2) is 0 Å². The molecule has 2 aromatic rings. The Balaban J connectivity index is 2.15. The number of aliphatic carboxylic acids is 1. The van der Waals surface area contributed by atoms with Crippen molar-refractivity contribution in [3.8, 4) is 0 Å². The minimum atomic E-state index is -0.853. The fourth-order valence-electron chi connectivity index (χ4n) is 2.09. The zero-order valence-electron chi connectivity index (χ0n) is 11.3. The Morgan fingerprint density at radius 2 is 2.24 bits per heavy atom. The number of halogens is 2. The van der Waals surface area contributed by atoms with E-state index in [1.54, 1.807) is 12.1 Å². The standard InChI is InChI=1S/C15H15BrFNO2S/c1-9(10-4-5-12(17)11(16)7-10)18-13(8-15(19)20)14-3-2-6-21-14/h2-7,9,13,18H,8H2,1H3,(H,19,20). The topological polar surface area (TPSA) is 49.3 Å². The van der Waals surface area contributed by atoms with Crippen LogP contribution in [0.1, 0.15) is 35.9 Å². The Labute approximate surface area is 134 Å². The van der Waals surface area contributed by atoms with Crippen molar-refractivity contribution >= 4 is 33.2 Å². The summed E-state index contributed by atoms with van der Waals surface area (Å²) >= 11 is 4.69. The molecule has 1 aromatic heterocycles. The minimum absolute atomic E-state index is 0.00716. The maximum Gasteiger partial charge on any atom is 0.305 e. The van der Waals surface area contributed by atoms with E-state index in [0.29, 0.717) is 4.47 Å². The molecule has 0 amide bonds. The Morgan fingerprint density at radius 1 is 1.48 bits per heavy atom. The molecule has 0 aliphatic heterocycles. The highest BCUT2D eigenvalue weighted by molar-refractivity contribution is 9.10. The summed E-state index contributed by atoms with van der Waals surface area (Å²) in [5.41, 5.74) is 0.898. The molecule has 0 fully saturated rings. The van der Waals surface area contributed by atoms with Crippen molar-refractivity contribution in [1.82, 2.24) is 5.32 Å². The highest BCUT2D eigenvalue weighted by Gasteiger charge is 2.19. The SMILES string of the molecule is CC(NC(CC(=O)O)c1cccs1)c1ccc(F)c(Br)c1. The first-order valence-electron chi connectivity index (χ1n) is 6.43. The van der Waals surface area contributed by atoms with Crippen LogP contribution in [-0.4, -0.2) is 11.1 Å². The number of carboxylic acids is 1. The van der Waals surface area contributed by atoms with Crippen LogP contribution < -0.4 is 5.32 Å². The van der Waals surface area contributed by atoms with Gasteiger partial charge in [-0.15, -0.1) is 11.3 Å². The summed E-state index contributed by atoms with van der Waals surface area (Å²) in [7, 11) is 0. The number of hydrogen-bond acceptors (Lipinski definition) is 3. The summed E-state index contributed by atoms with van der Waals surface area (Å²) in [6, 6.07) is 8.27. The van der Waals surface area contributed by atoms with Crippen LogP contribution in [0.25, 0.3) is 0 Å². The Kier molecular flexibility index (Phi) is 5.50. The number of hydrogen-bond donors (Lipinski definition) is 2. The lowest BCUT2D eigenvalue weighted by atomic mass is 10.1. The van der Waals surface area contributed by atoms with Crippen LogP contribution in [0.15, 0.2) is 40.2 Å². The Hall–Kier alpha value is -1.24. The molecule has 1 aromatic carbocycles. The van der Waals surface area contributed by atoms with Crippen LogP contribution in [0.4, 0.5) is 4.39 Å². The van der Waals surface area contributed by atoms with Crippen molar-refractivity contribution in [2.45, 2.75) is 25.4 Å². The number of nitrogens with one attached hydrogen (secondary N) is 1. The van der Waals surface area contributed by atoms with E-state index in [9.17, 15) is 9.18 Å². The molecule has 2 N–H and O–H groups in total. The van der Waals surface area contributed by atoms with E-state index in [1.807, 2.05) is 24.4 Å². The zero-order valence-corrected chi connectivity index (χ0v) is 13.7. The number of carbonyl (C=O) groups is 1. The third-order valence-electron chi connectivity index (χ3n) is 3.16.